The van der Waals surface area contributed by atoms with Crippen LogP contribution in [0.2, 0.25) is 0 Å². The Morgan fingerprint density at radius 3 is 2.63 bits per heavy atom. The number of benzene rings is 1. The molecule has 0 aromatic heterocycles. The summed E-state index contributed by atoms with van der Waals surface area (Å²) in [4.78, 5) is 2.31. The number of hydrogen-bond acceptors (Lipinski definition) is 4. The molecule has 0 amide bonds. The van der Waals surface area contributed by atoms with Gasteiger partial charge in [-0.25, -0.2) is 0 Å². The van der Waals surface area contributed by atoms with Crippen molar-refractivity contribution in [1.82, 2.24) is 4.90 Å². The summed E-state index contributed by atoms with van der Waals surface area (Å²) < 4.78 is 10.8. The van der Waals surface area contributed by atoms with Crippen LogP contribution in [-0.4, -0.2) is 43.5 Å². The number of unbranched alkanes of at least 4 members (excludes halogenated alkanes) is 1. The standard InChI is InChI=1S/C15H23NO3/c1-12-9-14-15(19-11-18-14)10-13(12)5-7-16(2)6-3-4-8-17/h9-10,17H,3-8,11H2,1-2H3. The molecule has 1 aromatic carbocycles. The summed E-state index contributed by atoms with van der Waals surface area (Å²) in [6.07, 6.45) is 2.94. The van der Waals surface area contributed by atoms with Crippen LogP contribution in [0.1, 0.15) is 24.0 Å². The number of aryl methyl sites for hydroxylation is 1. The highest BCUT2D eigenvalue weighted by Gasteiger charge is 2.15. The van der Waals surface area contributed by atoms with Crippen molar-refractivity contribution in [3.8, 4) is 11.5 Å². The number of fused-ring (bicyclic) bond motifs is 1. The third-order valence-corrected chi connectivity index (χ3v) is 3.54. The Bertz CT molecular complexity index is 420. The van der Waals surface area contributed by atoms with Crippen LogP contribution in [0.5, 0.6) is 11.5 Å². The van der Waals surface area contributed by atoms with E-state index in [1.165, 1.54) is 11.1 Å². The number of hydrogen-bond donors (Lipinski definition) is 1. The molecule has 1 N–H and O–H groups in total. The number of aliphatic hydroxyl groups is 1. The molecule has 4 nitrogen and oxygen atoms in total. The van der Waals surface area contributed by atoms with E-state index in [4.69, 9.17) is 14.6 Å². The summed E-state index contributed by atoms with van der Waals surface area (Å²) in [5.41, 5.74) is 2.58. The molecule has 0 fully saturated rings. The van der Waals surface area contributed by atoms with Gasteiger partial charge in [0.15, 0.2) is 11.5 Å². The maximum absolute atomic E-state index is 8.77. The van der Waals surface area contributed by atoms with Crippen molar-refractivity contribution >= 4 is 0 Å². The molecule has 0 saturated carbocycles. The van der Waals surface area contributed by atoms with Crippen molar-refractivity contribution < 1.29 is 14.6 Å². The van der Waals surface area contributed by atoms with Crippen LogP contribution >= 0.6 is 0 Å². The van der Waals surface area contributed by atoms with Crippen molar-refractivity contribution in [2.45, 2.75) is 26.2 Å². The van der Waals surface area contributed by atoms with Crippen LogP contribution < -0.4 is 9.47 Å². The molecule has 1 heterocycles. The van der Waals surface area contributed by atoms with E-state index in [9.17, 15) is 0 Å². The molecule has 1 aromatic rings. The monoisotopic (exact) mass is 265 g/mol. The fourth-order valence-corrected chi connectivity index (χ4v) is 2.27. The average Bonchev–Trinajstić information content (AvgIpc) is 2.83. The summed E-state index contributed by atoms with van der Waals surface area (Å²) in [5.74, 6) is 1.72. The van der Waals surface area contributed by atoms with E-state index < -0.39 is 0 Å². The van der Waals surface area contributed by atoms with Gasteiger partial charge in [0.2, 0.25) is 6.79 Å². The summed E-state index contributed by atoms with van der Waals surface area (Å²) >= 11 is 0. The third-order valence-electron chi connectivity index (χ3n) is 3.54. The molecule has 1 aliphatic rings. The van der Waals surface area contributed by atoms with Gasteiger partial charge in [0, 0.05) is 13.2 Å². The van der Waals surface area contributed by atoms with Gasteiger partial charge in [-0.3, -0.25) is 0 Å². The van der Waals surface area contributed by atoms with Crippen molar-refractivity contribution in [1.29, 1.82) is 0 Å². The lowest BCUT2D eigenvalue weighted by atomic mass is 10.0. The van der Waals surface area contributed by atoms with Gasteiger partial charge in [-0.1, -0.05) is 0 Å². The van der Waals surface area contributed by atoms with Crippen LogP contribution in [0, 0.1) is 6.92 Å². The van der Waals surface area contributed by atoms with Gasteiger partial charge in [0.05, 0.1) is 0 Å². The Labute approximate surface area is 114 Å². The van der Waals surface area contributed by atoms with E-state index in [0.717, 1.165) is 43.9 Å². The van der Waals surface area contributed by atoms with Crippen LogP contribution in [-0.2, 0) is 6.42 Å². The third kappa shape index (κ3) is 3.85. The van der Waals surface area contributed by atoms with E-state index >= 15 is 0 Å². The predicted molar refractivity (Wildman–Crippen MR) is 74.8 cm³/mol. The van der Waals surface area contributed by atoms with Crippen molar-refractivity contribution in [3.05, 3.63) is 23.3 Å². The largest absolute Gasteiger partial charge is 0.454 e. The molecule has 0 unspecified atom stereocenters. The summed E-state index contributed by atoms with van der Waals surface area (Å²) in [6.45, 7) is 4.79. The van der Waals surface area contributed by atoms with Gasteiger partial charge in [-0.05, 0) is 63.0 Å². The van der Waals surface area contributed by atoms with Gasteiger partial charge in [0.1, 0.15) is 0 Å². The normalized spacial score (nSPS) is 13.3. The topological polar surface area (TPSA) is 41.9 Å². The first-order valence-electron chi connectivity index (χ1n) is 6.89. The maximum Gasteiger partial charge on any atom is 0.231 e. The second kappa shape index (κ2) is 6.78. The van der Waals surface area contributed by atoms with E-state index in [0.29, 0.717) is 6.79 Å². The lowest BCUT2D eigenvalue weighted by molar-refractivity contribution is 0.174. The lowest BCUT2D eigenvalue weighted by Crippen LogP contribution is -2.22. The Morgan fingerprint density at radius 2 is 1.89 bits per heavy atom. The Morgan fingerprint density at radius 1 is 1.16 bits per heavy atom. The van der Waals surface area contributed by atoms with Crippen LogP contribution in [0.4, 0.5) is 0 Å². The summed E-state index contributed by atoms with van der Waals surface area (Å²) in [7, 11) is 2.12. The average molecular weight is 265 g/mol. The van der Waals surface area contributed by atoms with Gasteiger partial charge in [-0.15, -0.1) is 0 Å². The van der Waals surface area contributed by atoms with Gasteiger partial charge in [-0.2, -0.15) is 0 Å². The van der Waals surface area contributed by atoms with Crippen molar-refractivity contribution in [3.63, 3.8) is 0 Å². The van der Waals surface area contributed by atoms with E-state index in [1.807, 2.05) is 0 Å². The van der Waals surface area contributed by atoms with Crippen molar-refractivity contribution in [2.75, 3.05) is 33.5 Å². The minimum Gasteiger partial charge on any atom is -0.454 e. The van der Waals surface area contributed by atoms with Crippen LogP contribution in [0.25, 0.3) is 0 Å². The molecular formula is C15H23NO3. The minimum absolute atomic E-state index is 0.287. The maximum atomic E-state index is 8.77. The SMILES string of the molecule is Cc1cc2c(cc1CCN(C)CCCCO)OCO2. The number of aliphatic hydroxyl groups excluding tert-OH is 1. The fraction of sp³-hybridized carbons (Fsp3) is 0.600. The highest BCUT2D eigenvalue weighted by atomic mass is 16.7. The fourth-order valence-electron chi connectivity index (χ4n) is 2.27. The zero-order valence-electron chi connectivity index (χ0n) is 11.8. The van der Waals surface area contributed by atoms with Crippen LogP contribution in [0.15, 0.2) is 12.1 Å². The molecule has 4 heteroatoms. The molecule has 0 atom stereocenters. The van der Waals surface area contributed by atoms with E-state index in [1.54, 1.807) is 0 Å². The highest BCUT2D eigenvalue weighted by molar-refractivity contribution is 5.48. The molecule has 106 valence electrons. The number of nitrogens with zero attached hydrogens (tertiary/aromatic N) is 1. The second-order valence-corrected chi connectivity index (χ2v) is 5.12. The number of ether oxygens (including phenoxy) is 2. The molecule has 0 radical (unpaired) electrons. The summed E-state index contributed by atoms with van der Waals surface area (Å²) in [6, 6.07) is 4.16. The first kappa shape index (κ1) is 14.2. The molecule has 0 aliphatic carbocycles. The molecular weight excluding hydrogens is 242 g/mol. The zero-order valence-corrected chi connectivity index (χ0v) is 11.8. The second-order valence-electron chi connectivity index (χ2n) is 5.12. The number of likely N-dealkylation sites (N-methyl/N-ethyl adjacent to an activating group) is 1. The minimum atomic E-state index is 0.287. The zero-order chi connectivity index (χ0) is 13.7. The molecule has 0 saturated heterocycles. The van der Waals surface area contributed by atoms with E-state index in [2.05, 4.69) is 31.0 Å². The Balaban J connectivity index is 1.86. The molecule has 19 heavy (non-hydrogen) atoms. The quantitative estimate of drug-likeness (QED) is 0.765. The predicted octanol–water partition coefficient (Wildman–Crippen LogP) is 1.97. The number of rotatable bonds is 7. The smallest absolute Gasteiger partial charge is 0.231 e. The lowest BCUT2D eigenvalue weighted by Gasteiger charge is -2.17. The Hall–Kier alpha value is -1.26. The van der Waals surface area contributed by atoms with Crippen LogP contribution in [0.3, 0.4) is 0 Å². The van der Waals surface area contributed by atoms with Gasteiger partial charge >= 0.3 is 0 Å². The molecule has 2 rings (SSSR count). The molecule has 0 spiro atoms. The molecule has 0 bridgehead atoms. The summed E-state index contributed by atoms with van der Waals surface area (Å²) in [5, 5.41) is 8.77. The highest BCUT2D eigenvalue weighted by Crippen LogP contribution is 2.34. The first-order chi connectivity index (χ1) is 9.20. The first-order valence-corrected chi connectivity index (χ1v) is 6.89. The van der Waals surface area contributed by atoms with E-state index in [-0.39, 0.29) is 6.61 Å². The molecule has 1 aliphatic heterocycles. The van der Waals surface area contributed by atoms with Crippen molar-refractivity contribution in [2.24, 2.45) is 0 Å². The van der Waals surface area contributed by atoms with Gasteiger partial charge < -0.3 is 19.5 Å². The van der Waals surface area contributed by atoms with Gasteiger partial charge in [0.25, 0.3) is 0 Å². The Kier molecular flexibility index (Phi) is 5.05.